The molecule has 1 saturated heterocycles. The van der Waals surface area contributed by atoms with E-state index in [4.69, 9.17) is 0 Å². The van der Waals surface area contributed by atoms with E-state index in [0.29, 0.717) is 23.9 Å². The van der Waals surface area contributed by atoms with Crippen LogP contribution in [0.1, 0.15) is 40.2 Å². The van der Waals surface area contributed by atoms with Crippen LogP contribution in [-0.2, 0) is 15.4 Å². The predicted molar refractivity (Wildman–Crippen MR) is 95.2 cm³/mol. The maximum Gasteiger partial charge on any atom is 0.243 e. The third kappa shape index (κ3) is 4.55. The first-order valence-electron chi connectivity index (χ1n) is 8.44. The number of benzene rings is 1. The van der Waals surface area contributed by atoms with E-state index in [-0.39, 0.29) is 5.41 Å². The highest BCUT2D eigenvalue weighted by molar-refractivity contribution is 7.89. The molecule has 23 heavy (non-hydrogen) atoms. The number of piperazine rings is 1. The van der Waals surface area contributed by atoms with Gasteiger partial charge in [0.1, 0.15) is 0 Å². The third-order valence-electron chi connectivity index (χ3n) is 4.31. The third-order valence-corrected chi connectivity index (χ3v) is 6.23. The minimum absolute atomic E-state index is 0.0325. The molecule has 1 fully saturated rings. The summed E-state index contributed by atoms with van der Waals surface area (Å²) in [4.78, 5) is 2.75. The van der Waals surface area contributed by atoms with Crippen molar-refractivity contribution in [3.63, 3.8) is 0 Å². The quantitative estimate of drug-likeness (QED) is 0.847. The molecule has 0 saturated carbocycles. The normalized spacial score (nSPS) is 18.5. The van der Waals surface area contributed by atoms with Crippen LogP contribution in [0.15, 0.2) is 29.2 Å². The van der Waals surface area contributed by atoms with E-state index in [1.165, 1.54) is 0 Å². The monoisotopic (exact) mass is 338 g/mol. The lowest BCUT2D eigenvalue weighted by molar-refractivity contribution is 0.172. The summed E-state index contributed by atoms with van der Waals surface area (Å²) in [7, 11) is -3.37. The lowest BCUT2D eigenvalue weighted by Crippen LogP contribution is -2.49. The highest BCUT2D eigenvalue weighted by atomic mass is 32.2. The van der Waals surface area contributed by atoms with Gasteiger partial charge in [0.15, 0.2) is 0 Å². The Balaban J connectivity index is 2.08. The van der Waals surface area contributed by atoms with Crippen molar-refractivity contribution in [2.24, 2.45) is 5.92 Å². The van der Waals surface area contributed by atoms with Crippen LogP contribution in [0, 0.1) is 5.92 Å². The molecule has 4 nitrogen and oxygen atoms in total. The summed E-state index contributed by atoms with van der Waals surface area (Å²) in [5.74, 6) is 0.614. The molecule has 0 N–H and O–H groups in total. The average molecular weight is 339 g/mol. The first kappa shape index (κ1) is 18.4. The molecule has 1 aliphatic rings. The van der Waals surface area contributed by atoms with Crippen molar-refractivity contribution in [2.45, 2.75) is 44.9 Å². The van der Waals surface area contributed by atoms with E-state index in [9.17, 15) is 8.42 Å². The molecule has 1 aliphatic heterocycles. The van der Waals surface area contributed by atoms with Crippen molar-refractivity contribution < 1.29 is 8.42 Å². The molecule has 0 bridgehead atoms. The summed E-state index contributed by atoms with van der Waals surface area (Å²) in [6.45, 7) is 14.6. The maximum atomic E-state index is 12.8. The smallest absolute Gasteiger partial charge is 0.243 e. The number of sulfonamides is 1. The van der Waals surface area contributed by atoms with Gasteiger partial charge in [0, 0.05) is 32.7 Å². The number of hydrogen-bond acceptors (Lipinski definition) is 3. The zero-order valence-corrected chi connectivity index (χ0v) is 15.9. The highest BCUT2D eigenvalue weighted by Gasteiger charge is 2.28. The Morgan fingerprint density at radius 1 is 1.00 bits per heavy atom. The van der Waals surface area contributed by atoms with Gasteiger partial charge in [0.05, 0.1) is 4.90 Å². The van der Waals surface area contributed by atoms with Gasteiger partial charge in [0.25, 0.3) is 0 Å². The molecule has 130 valence electrons. The van der Waals surface area contributed by atoms with Crippen molar-refractivity contribution in [2.75, 3.05) is 32.7 Å². The minimum atomic E-state index is -3.37. The van der Waals surface area contributed by atoms with Crippen molar-refractivity contribution in [3.8, 4) is 0 Å². The maximum absolute atomic E-state index is 12.8. The van der Waals surface area contributed by atoms with E-state index in [1.54, 1.807) is 16.4 Å². The Kier molecular flexibility index (Phi) is 5.54. The molecule has 1 heterocycles. The van der Waals surface area contributed by atoms with Crippen LogP contribution in [0.2, 0.25) is 0 Å². The Hall–Kier alpha value is -0.910. The van der Waals surface area contributed by atoms with Gasteiger partial charge in [-0.3, -0.25) is 0 Å². The molecule has 0 unspecified atom stereocenters. The van der Waals surface area contributed by atoms with E-state index in [0.717, 1.165) is 25.2 Å². The molecule has 0 aromatic heterocycles. The summed E-state index contributed by atoms with van der Waals surface area (Å²) < 4.78 is 27.2. The van der Waals surface area contributed by atoms with E-state index in [2.05, 4.69) is 39.5 Å². The minimum Gasteiger partial charge on any atom is -0.300 e. The van der Waals surface area contributed by atoms with Crippen LogP contribution >= 0.6 is 0 Å². The average Bonchev–Trinajstić information content (AvgIpc) is 2.46. The summed E-state index contributed by atoms with van der Waals surface area (Å²) in [5, 5.41) is 0. The fourth-order valence-electron chi connectivity index (χ4n) is 2.94. The van der Waals surface area contributed by atoms with Gasteiger partial charge >= 0.3 is 0 Å². The molecule has 0 spiro atoms. The van der Waals surface area contributed by atoms with Crippen molar-refractivity contribution in [1.29, 1.82) is 0 Å². The van der Waals surface area contributed by atoms with E-state index in [1.807, 2.05) is 12.1 Å². The Labute approximate surface area is 141 Å². The van der Waals surface area contributed by atoms with Crippen molar-refractivity contribution in [1.82, 2.24) is 9.21 Å². The van der Waals surface area contributed by atoms with Gasteiger partial charge in [-0.25, -0.2) is 8.42 Å². The fourth-order valence-corrected chi connectivity index (χ4v) is 4.37. The molecule has 0 radical (unpaired) electrons. The van der Waals surface area contributed by atoms with Crippen molar-refractivity contribution in [3.05, 3.63) is 29.8 Å². The molecule has 1 aromatic rings. The topological polar surface area (TPSA) is 40.6 Å². The van der Waals surface area contributed by atoms with Crippen LogP contribution in [0.25, 0.3) is 0 Å². The number of rotatable bonds is 4. The molecule has 2 rings (SSSR count). The summed E-state index contributed by atoms with van der Waals surface area (Å²) in [5.41, 5.74) is 1.18. The molecular weight excluding hydrogens is 308 g/mol. The van der Waals surface area contributed by atoms with Gasteiger partial charge < -0.3 is 4.90 Å². The van der Waals surface area contributed by atoms with Gasteiger partial charge in [0.2, 0.25) is 10.0 Å². The molecule has 5 heteroatoms. The number of hydrogen-bond donors (Lipinski definition) is 0. The molecule has 0 atom stereocenters. The Morgan fingerprint density at radius 2 is 1.52 bits per heavy atom. The second kappa shape index (κ2) is 6.91. The van der Waals surface area contributed by atoms with Crippen LogP contribution < -0.4 is 0 Å². The zero-order valence-electron chi connectivity index (χ0n) is 15.0. The number of nitrogens with zero attached hydrogens (tertiary/aromatic N) is 2. The molecule has 1 aromatic carbocycles. The predicted octanol–water partition coefficient (Wildman–Crippen LogP) is 2.95. The second-order valence-electron chi connectivity index (χ2n) is 7.87. The van der Waals surface area contributed by atoms with Crippen LogP contribution in [-0.4, -0.2) is 50.3 Å². The SMILES string of the molecule is CC(C)CN1CCN(S(=O)(=O)c2ccc(C(C)(C)C)cc2)CC1. The van der Waals surface area contributed by atoms with E-state index < -0.39 is 10.0 Å². The summed E-state index contributed by atoms with van der Waals surface area (Å²) >= 11 is 0. The largest absolute Gasteiger partial charge is 0.300 e. The van der Waals surface area contributed by atoms with Crippen LogP contribution in [0.5, 0.6) is 0 Å². The Morgan fingerprint density at radius 3 is 1.96 bits per heavy atom. The standard InChI is InChI=1S/C18H30N2O2S/c1-15(2)14-19-10-12-20(13-11-19)23(21,22)17-8-6-16(7-9-17)18(3,4)5/h6-9,15H,10-14H2,1-5H3. The molecule has 0 amide bonds. The summed E-state index contributed by atoms with van der Waals surface area (Å²) in [6, 6.07) is 7.36. The fraction of sp³-hybridized carbons (Fsp3) is 0.667. The lowest BCUT2D eigenvalue weighted by Gasteiger charge is -2.34. The highest BCUT2D eigenvalue weighted by Crippen LogP contribution is 2.25. The summed E-state index contributed by atoms with van der Waals surface area (Å²) in [6.07, 6.45) is 0. The molecule has 0 aliphatic carbocycles. The zero-order chi connectivity index (χ0) is 17.3. The van der Waals surface area contributed by atoms with Gasteiger partial charge in [-0.15, -0.1) is 0 Å². The first-order valence-corrected chi connectivity index (χ1v) is 9.88. The first-order chi connectivity index (χ1) is 10.6. The van der Waals surface area contributed by atoms with Crippen molar-refractivity contribution >= 4 is 10.0 Å². The van der Waals surface area contributed by atoms with Gasteiger partial charge in [-0.05, 0) is 29.0 Å². The second-order valence-corrected chi connectivity index (χ2v) is 9.81. The van der Waals surface area contributed by atoms with Gasteiger partial charge in [-0.1, -0.05) is 46.8 Å². The van der Waals surface area contributed by atoms with Crippen LogP contribution in [0.4, 0.5) is 0 Å². The van der Waals surface area contributed by atoms with E-state index >= 15 is 0 Å². The Bertz CT molecular complexity index is 607. The lowest BCUT2D eigenvalue weighted by atomic mass is 9.87. The molecular formula is C18H30N2O2S. The van der Waals surface area contributed by atoms with Gasteiger partial charge in [-0.2, -0.15) is 4.31 Å². The van der Waals surface area contributed by atoms with Crippen LogP contribution in [0.3, 0.4) is 0 Å².